The maximum absolute atomic E-state index is 11.7. The molecule has 0 bridgehead atoms. The van der Waals surface area contributed by atoms with Crippen LogP contribution >= 0.6 is 0 Å². The molecule has 0 aromatic rings. The van der Waals surface area contributed by atoms with Gasteiger partial charge in [0.15, 0.2) is 5.78 Å². The van der Waals surface area contributed by atoms with Crippen LogP contribution < -0.4 is 0 Å². The van der Waals surface area contributed by atoms with E-state index >= 15 is 0 Å². The molecule has 0 spiro atoms. The first-order valence-electron chi connectivity index (χ1n) is 5.75. The van der Waals surface area contributed by atoms with E-state index in [9.17, 15) is 18.0 Å². The molecular weight excluding hydrogens is 237 g/mol. The zero-order valence-electron chi connectivity index (χ0n) is 9.59. The lowest BCUT2D eigenvalue weighted by molar-refractivity contribution is -0.175. The fourth-order valence-electron chi connectivity index (χ4n) is 1.75. The molecule has 17 heavy (non-hydrogen) atoms. The molecule has 3 nitrogen and oxygen atoms in total. The monoisotopic (exact) mass is 254 g/mol. The highest BCUT2D eigenvalue weighted by Crippen LogP contribution is 2.18. The fourth-order valence-corrected chi connectivity index (χ4v) is 1.75. The van der Waals surface area contributed by atoms with Gasteiger partial charge in [0, 0.05) is 13.0 Å². The van der Waals surface area contributed by atoms with E-state index in [-0.39, 0.29) is 18.3 Å². The second-order valence-electron chi connectivity index (χ2n) is 4.17. The fraction of sp³-hybridized carbons (Fsp3) is 0.909. The number of ether oxygens (including phenoxy) is 2. The Morgan fingerprint density at radius 2 is 2.18 bits per heavy atom. The molecule has 0 N–H and O–H groups in total. The van der Waals surface area contributed by atoms with Crippen LogP contribution in [0.15, 0.2) is 0 Å². The molecule has 0 radical (unpaired) electrons. The van der Waals surface area contributed by atoms with Gasteiger partial charge in [0.2, 0.25) is 0 Å². The number of hydrogen-bond donors (Lipinski definition) is 0. The minimum absolute atomic E-state index is 0.221. The largest absolute Gasteiger partial charge is 0.411 e. The molecule has 1 saturated heterocycles. The number of halogens is 3. The number of carbonyl (C=O) groups is 1. The summed E-state index contributed by atoms with van der Waals surface area (Å²) in [5, 5.41) is 0. The Balaban J connectivity index is 1.97. The summed E-state index contributed by atoms with van der Waals surface area (Å²) >= 11 is 0. The second kappa shape index (κ2) is 6.96. The van der Waals surface area contributed by atoms with Gasteiger partial charge in [0.25, 0.3) is 0 Å². The Kier molecular flexibility index (Phi) is 5.91. The molecule has 0 aliphatic carbocycles. The average Bonchev–Trinajstić information content (AvgIpc) is 2.68. The van der Waals surface area contributed by atoms with Crippen molar-refractivity contribution >= 4 is 5.78 Å². The number of hydrogen-bond acceptors (Lipinski definition) is 3. The normalized spacial score (nSPS) is 20.8. The summed E-state index contributed by atoms with van der Waals surface area (Å²) in [6.07, 6.45) is -0.370. The van der Waals surface area contributed by atoms with Gasteiger partial charge in [-0.05, 0) is 25.7 Å². The summed E-state index contributed by atoms with van der Waals surface area (Å²) in [7, 11) is 0. The lowest BCUT2D eigenvalue weighted by Gasteiger charge is -2.09. The quantitative estimate of drug-likeness (QED) is 0.700. The van der Waals surface area contributed by atoms with Crippen LogP contribution in [0.5, 0.6) is 0 Å². The first-order chi connectivity index (χ1) is 7.97. The summed E-state index contributed by atoms with van der Waals surface area (Å²) in [6, 6.07) is 0. The highest BCUT2D eigenvalue weighted by Gasteiger charge is 2.27. The number of ketones is 1. The Morgan fingerprint density at radius 1 is 1.41 bits per heavy atom. The SMILES string of the molecule is O=C(CCCC1CCCO1)COCC(F)(F)F. The third kappa shape index (κ3) is 7.33. The standard InChI is InChI=1S/C11H17F3O3/c12-11(13,14)8-16-7-9(15)3-1-4-10-5-2-6-17-10/h10H,1-8H2. The summed E-state index contributed by atoms with van der Waals surface area (Å²) in [6.45, 7) is -1.04. The van der Waals surface area contributed by atoms with Gasteiger partial charge in [-0.3, -0.25) is 4.79 Å². The summed E-state index contributed by atoms with van der Waals surface area (Å²) in [4.78, 5) is 11.2. The molecule has 0 amide bonds. The van der Waals surface area contributed by atoms with Gasteiger partial charge in [-0.15, -0.1) is 0 Å². The first-order valence-corrected chi connectivity index (χ1v) is 5.75. The van der Waals surface area contributed by atoms with Crippen LogP contribution in [0.4, 0.5) is 13.2 Å². The van der Waals surface area contributed by atoms with Crippen LogP contribution in [0.2, 0.25) is 0 Å². The van der Waals surface area contributed by atoms with Crippen molar-refractivity contribution in [1.29, 1.82) is 0 Å². The van der Waals surface area contributed by atoms with Gasteiger partial charge in [-0.25, -0.2) is 0 Å². The minimum Gasteiger partial charge on any atom is -0.378 e. The number of alkyl halides is 3. The predicted molar refractivity (Wildman–Crippen MR) is 54.7 cm³/mol. The van der Waals surface area contributed by atoms with Crippen LogP contribution in [0.1, 0.15) is 32.1 Å². The van der Waals surface area contributed by atoms with E-state index in [1.807, 2.05) is 0 Å². The highest BCUT2D eigenvalue weighted by atomic mass is 19.4. The van der Waals surface area contributed by atoms with Gasteiger partial charge in [0.05, 0.1) is 6.10 Å². The summed E-state index contributed by atoms with van der Waals surface area (Å²) in [5.41, 5.74) is 0. The average molecular weight is 254 g/mol. The molecular formula is C11H17F3O3. The van der Waals surface area contributed by atoms with Crippen molar-refractivity contribution in [3.05, 3.63) is 0 Å². The van der Waals surface area contributed by atoms with Crippen molar-refractivity contribution in [3.63, 3.8) is 0 Å². The third-order valence-corrected chi connectivity index (χ3v) is 2.53. The number of Topliss-reactive ketones (excluding diaryl/α,β-unsaturated/α-hetero) is 1. The van der Waals surface area contributed by atoms with Gasteiger partial charge in [0.1, 0.15) is 13.2 Å². The first kappa shape index (κ1) is 14.4. The Labute approximate surface area is 98.3 Å². The molecule has 0 aromatic heterocycles. The van der Waals surface area contributed by atoms with E-state index in [0.29, 0.717) is 6.42 Å². The molecule has 1 fully saturated rings. The maximum atomic E-state index is 11.7. The molecule has 1 aliphatic rings. The molecule has 1 rings (SSSR count). The summed E-state index contributed by atoms with van der Waals surface area (Å²) in [5.74, 6) is -0.285. The topological polar surface area (TPSA) is 35.5 Å². The summed E-state index contributed by atoms with van der Waals surface area (Å²) < 4.78 is 44.8. The number of rotatable bonds is 7. The van der Waals surface area contributed by atoms with Crippen molar-refractivity contribution < 1.29 is 27.4 Å². The molecule has 1 aliphatic heterocycles. The van der Waals surface area contributed by atoms with Crippen LogP contribution in [-0.4, -0.2) is 37.9 Å². The second-order valence-corrected chi connectivity index (χ2v) is 4.17. The zero-order chi connectivity index (χ0) is 12.7. The number of carbonyl (C=O) groups excluding carboxylic acids is 1. The Hall–Kier alpha value is -0.620. The lowest BCUT2D eigenvalue weighted by Crippen LogP contribution is -2.20. The van der Waals surface area contributed by atoms with E-state index in [4.69, 9.17) is 4.74 Å². The van der Waals surface area contributed by atoms with Gasteiger partial charge < -0.3 is 9.47 Å². The van der Waals surface area contributed by atoms with Crippen LogP contribution in [0.25, 0.3) is 0 Å². The van der Waals surface area contributed by atoms with Crippen molar-refractivity contribution in [1.82, 2.24) is 0 Å². The van der Waals surface area contributed by atoms with Gasteiger partial charge in [-0.2, -0.15) is 13.2 Å². The predicted octanol–water partition coefficient (Wildman–Crippen LogP) is 2.48. The minimum atomic E-state index is -4.36. The Bertz CT molecular complexity index is 235. The van der Waals surface area contributed by atoms with Crippen molar-refractivity contribution in [3.8, 4) is 0 Å². The molecule has 1 unspecified atom stereocenters. The van der Waals surface area contributed by atoms with Crippen LogP contribution in [-0.2, 0) is 14.3 Å². The smallest absolute Gasteiger partial charge is 0.378 e. The van der Waals surface area contributed by atoms with E-state index in [1.165, 1.54) is 0 Å². The van der Waals surface area contributed by atoms with E-state index < -0.39 is 19.4 Å². The van der Waals surface area contributed by atoms with Crippen LogP contribution in [0, 0.1) is 0 Å². The van der Waals surface area contributed by atoms with Gasteiger partial charge in [-0.1, -0.05) is 0 Å². The molecule has 1 atom stereocenters. The van der Waals surface area contributed by atoms with E-state index in [1.54, 1.807) is 0 Å². The van der Waals surface area contributed by atoms with Crippen molar-refractivity contribution in [2.45, 2.75) is 44.4 Å². The van der Waals surface area contributed by atoms with E-state index in [0.717, 1.165) is 25.9 Å². The van der Waals surface area contributed by atoms with Crippen LogP contribution in [0.3, 0.4) is 0 Å². The molecule has 6 heteroatoms. The van der Waals surface area contributed by atoms with Crippen molar-refractivity contribution in [2.24, 2.45) is 0 Å². The Morgan fingerprint density at radius 3 is 2.76 bits per heavy atom. The van der Waals surface area contributed by atoms with E-state index in [2.05, 4.69) is 4.74 Å². The highest BCUT2D eigenvalue weighted by molar-refractivity contribution is 5.79. The molecule has 0 aromatic carbocycles. The zero-order valence-corrected chi connectivity index (χ0v) is 9.59. The van der Waals surface area contributed by atoms with Gasteiger partial charge >= 0.3 is 6.18 Å². The van der Waals surface area contributed by atoms with Crippen molar-refractivity contribution in [2.75, 3.05) is 19.8 Å². The lowest BCUT2D eigenvalue weighted by atomic mass is 10.1. The molecule has 1 heterocycles. The maximum Gasteiger partial charge on any atom is 0.411 e. The molecule has 100 valence electrons. The third-order valence-electron chi connectivity index (χ3n) is 2.53. The molecule has 0 saturated carbocycles.